The van der Waals surface area contributed by atoms with Crippen molar-refractivity contribution in [2.24, 2.45) is 11.5 Å². The number of benzene rings is 2. The van der Waals surface area contributed by atoms with Gasteiger partial charge in [0.05, 0.1) is 29.8 Å². The number of carbonyl (C=O) groups is 3. The van der Waals surface area contributed by atoms with Gasteiger partial charge in [-0.05, 0) is 60.3 Å². The molecule has 2 aromatic heterocycles. The SMILES string of the molecule is CN1C(=O)[C@H](COCCN)NC(=O)[C@H](CCCN)NCc2cccnc2Sc2c(Cl)ccc(C(F)(F)F)c2CNC(=O)[C@@H]1Cc1c[nH]c2ccccc12. The van der Waals surface area contributed by atoms with Crippen LogP contribution in [0.5, 0.6) is 0 Å². The highest BCUT2D eigenvalue weighted by Crippen LogP contribution is 2.43. The van der Waals surface area contributed by atoms with Crippen molar-refractivity contribution in [1.29, 1.82) is 0 Å². The number of pyridine rings is 1. The minimum Gasteiger partial charge on any atom is -0.377 e. The van der Waals surface area contributed by atoms with Crippen LogP contribution in [0.3, 0.4) is 0 Å². The molecule has 3 amide bonds. The molecule has 1 aliphatic rings. The van der Waals surface area contributed by atoms with E-state index in [1.54, 1.807) is 18.3 Å². The summed E-state index contributed by atoms with van der Waals surface area (Å²) in [6, 6.07) is 9.51. The first-order valence-electron chi connectivity index (χ1n) is 17.0. The monoisotopic (exact) mass is 774 g/mol. The highest BCUT2D eigenvalue weighted by atomic mass is 35.5. The number of alkyl halides is 3. The Kier molecular flexibility index (Phi) is 13.8. The predicted octanol–water partition coefficient (Wildman–Crippen LogP) is 3.74. The number of fused-ring (bicyclic) bond motifs is 3. The lowest BCUT2D eigenvalue weighted by molar-refractivity contribution is -0.143. The number of likely N-dealkylation sites (N-methyl/N-ethyl adjacent to an activating group) is 1. The normalized spacial score (nSPS) is 19.3. The Morgan fingerprint density at radius 3 is 2.57 bits per heavy atom. The minimum atomic E-state index is -4.79. The minimum absolute atomic E-state index is 0.0103. The van der Waals surface area contributed by atoms with Crippen molar-refractivity contribution in [2.75, 3.05) is 33.4 Å². The quantitative estimate of drug-likeness (QED) is 0.138. The molecule has 284 valence electrons. The summed E-state index contributed by atoms with van der Waals surface area (Å²) in [5.74, 6) is -1.89. The first-order valence-corrected chi connectivity index (χ1v) is 18.2. The first kappa shape index (κ1) is 40.0. The standard InChI is InChI=1S/C36H42ClF3N8O4S/c1-48-30(16-22-18-44-27-8-3-2-7-23(22)27)33(50)46-19-24-25(36(38,39)40)10-11-26(37)31(24)53-34-21(6-5-14-43-34)17-45-28(9-4-12-41)32(49)47-29(35(48)51)20-52-15-13-42/h2-3,5-8,10-11,14,18,28-30,44-45H,4,9,12-13,15-17,19-20,41-42H2,1H3,(H,46,50)(H,47,49)/t28-,29-,30-/m0/s1. The highest BCUT2D eigenvalue weighted by molar-refractivity contribution is 7.99. The van der Waals surface area contributed by atoms with Crippen molar-refractivity contribution in [3.8, 4) is 0 Å². The van der Waals surface area contributed by atoms with Gasteiger partial charge in [-0.3, -0.25) is 14.4 Å². The summed E-state index contributed by atoms with van der Waals surface area (Å²) in [6.45, 7) is -0.163. The number of H-pyrrole nitrogens is 1. The van der Waals surface area contributed by atoms with Gasteiger partial charge in [0.2, 0.25) is 17.7 Å². The summed E-state index contributed by atoms with van der Waals surface area (Å²) in [5.41, 5.74) is 12.2. The van der Waals surface area contributed by atoms with E-state index in [9.17, 15) is 27.6 Å². The van der Waals surface area contributed by atoms with Gasteiger partial charge in [-0.2, -0.15) is 13.2 Å². The van der Waals surface area contributed by atoms with Gasteiger partial charge >= 0.3 is 6.18 Å². The summed E-state index contributed by atoms with van der Waals surface area (Å²) in [6.07, 6.45) is -0.808. The van der Waals surface area contributed by atoms with Gasteiger partial charge in [0.15, 0.2) is 0 Å². The van der Waals surface area contributed by atoms with Crippen molar-refractivity contribution >= 4 is 52.0 Å². The van der Waals surface area contributed by atoms with Crippen LogP contribution in [0.4, 0.5) is 13.2 Å². The van der Waals surface area contributed by atoms with Gasteiger partial charge < -0.3 is 42.0 Å². The Morgan fingerprint density at radius 2 is 1.81 bits per heavy atom. The van der Waals surface area contributed by atoms with Crippen LogP contribution in [0.15, 0.2) is 70.8 Å². The van der Waals surface area contributed by atoms with Crippen LogP contribution in [0, 0.1) is 0 Å². The zero-order valence-corrected chi connectivity index (χ0v) is 30.5. The maximum absolute atomic E-state index is 14.6. The van der Waals surface area contributed by atoms with Crippen molar-refractivity contribution in [1.82, 2.24) is 30.8 Å². The topological polar surface area (TPSA) is 180 Å². The van der Waals surface area contributed by atoms with Gasteiger partial charge in [0.25, 0.3) is 0 Å². The Balaban J connectivity index is 1.63. The molecule has 0 saturated carbocycles. The number of halogens is 4. The fraction of sp³-hybridized carbons (Fsp3) is 0.389. The lowest BCUT2D eigenvalue weighted by atomic mass is 10.0. The van der Waals surface area contributed by atoms with Crippen molar-refractivity contribution in [2.45, 2.75) is 66.6 Å². The molecule has 0 radical (unpaired) electrons. The van der Waals surface area contributed by atoms with Gasteiger partial charge in [-0.25, -0.2) is 4.98 Å². The summed E-state index contributed by atoms with van der Waals surface area (Å²) >= 11 is 7.52. The lowest BCUT2D eigenvalue weighted by Gasteiger charge is -2.32. The van der Waals surface area contributed by atoms with Crippen LogP contribution in [-0.2, 0) is 44.8 Å². The molecule has 0 fully saturated rings. The molecule has 3 atom stereocenters. The molecule has 4 aromatic rings. The van der Waals surface area contributed by atoms with Crippen molar-refractivity contribution in [3.63, 3.8) is 0 Å². The number of hydrogen-bond donors (Lipinski definition) is 6. The molecule has 5 rings (SSSR count). The van der Waals surface area contributed by atoms with E-state index in [1.807, 2.05) is 24.3 Å². The number of amides is 3. The van der Waals surface area contributed by atoms with E-state index in [-0.39, 0.29) is 48.2 Å². The number of hydrogen-bond acceptors (Lipinski definition) is 9. The number of nitrogens with zero attached hydrogens (tertiary/aromatic N) is 2. The molecular formula is C36H42ClF3N8O4S. The molecule has 2 aromatic carbocycles. The summed E-state index contributed by atoms with van der Waals surface area (Å²) in [7, 11) is 1.41. The average molecular weight is 775 g/mol. The van der Waals surface area contributed by atoms with E-state index < -0.39 is 54.1 Å². The second kappa shape index (κ2) is 18.2. The fourth-order valence-corrected chi connectivity index (χ4v) is 7.46. The number of rotatable bonds is 9. The van der Waals surface area contributed by atoms with Crippen LogP contribution in [0.2, 0.25) is 5.02 Å². The number of ether oxygens (including phenoxy) is 1. The average Bonchev–Trinajstić information content (AvgIpc) is 3.55. The second-order valence-corrected chi connectivity index (χ2v) is 13.9. The summed E-state index contributed by atoms with van der Waals surface area (Å²) in [5, 5.41) is 9.86. The molecule has 0 bridgehead atoms. The van der Waals surface area contributed by atoms with Gasteiger partial charge in [0, 0.05) is 61.3 Å². The third kappa shape index (κ3) is 9.87. The highest BCUT2D eigenvalue weighted by Gasteiger charge is 2.37. The van der Waals surface area contributed by atoms with Crippen LogP contribution >= 0.6 is 23.4 Å². The van der Waals surface area contributed by atoms with E-state index in [1.165, 1.54) is 18.1 Å². The molecule has 3 heterocycles. The molecule has 0 aliphatic carbocycles. The summed E-state index contributed by atoms with van der Waals surface area (Å²) < 4.78 is 49.3. The van der Waals surface area contributed by atoms with Gasteiger partial charge in [0.1, 0.15) is 17.1 Å². The Hall–Kier alpha value is -4.19. The maximum Gasteiger partial charge on any atom is 0.416 e. The van der Waals surface area contributed by atoms with E-state index in [0.717, 1.165) is 34.8 Å². The molecule has 0 spiro atoms. The van der Waals surface area contributed by atoms with Crippen molar-refractivity contribution < 1.29 is 32.3 Å². The van der Waals surface area contributed by atoms with E-state index in [2.05, 4.69) is 25.9 Å². The molecule has 12 nitrogen and oxygen atoms in total. The Labute approximate surface area is 313 Å². The molecular weight excluding hydrogens is 733 g/mol. The molecule has 0 unspecified atom stereocenters. The van der Waals surface area contributed by atoms with Crippen molar-refractivity contribution in [3.05, 3.63) is 88.2 Å². The van der Waals surface area contributed by atoms with Gasteiger partial charge in [-0.15, -0.1) is 0 Å². The molecule has 1 aliphatic heterocycles. The Morgan fingerprint density at radius 1 is 1.02 bits per heavy atom. The second-order valence-electron chi connectivity index (χ2n) is 12.5. The largest absolute Gasteiger partial charge is 0.416 e. The Bertz CT molecular complexity index is 1910. The zero-order chi connectivity index (χ0) is 38.1. The van der Waals surface area contributed by atoms with Crippen LogP contribution in [0.25, 0.3) is 10.9 Å². The van der Waals surface area contributed by atoms with E-state index >= 15 is 0 Å². The molecule has 17 heteroatoms. The third-order valence-electron chi connectivity index (χ3n) is 8.93. The van der Waals surface area contributed by atoms with Crippen LogP contribution < -0.4 is 27.4 Å². The smallest absolute Gasteiger partial charge is 0.377 e. The molecule has 8 N–H and O–H groups in total. The number of para-hydroxylation sites is 1. The zero-order valence-electron chi connectivity index (χ0n) is 29.0. The number of nitrogens with one attached hydrogen (secondary N) is 4. The van der Waals surface area contributed by atoms with E-state index in [4.69, 9.17) is 27.8 Å². The number of nitrogens with two attached hydrogens (primary N) is 2. The maximum atomic E-state index is 14.6. The predicted molar refractivity (Wildman–Crippen MR) is 196 cm³/mol. The van der Waals surface area contributed by atoms with E-state index in [0.29, 0.717) is 35.5 Å². The summed E-state index contributed by atoms with van der Waals surface area (Å²) in [4.78, 5) is 51.2. The van der Waals surface area contributed by atoms with Gasteiger partial charge in [-0.1, -0.05) is 47.6 Å². The molecule has 53 heavy (non-hydrogen) atoms. The molecule has 0 saturated heterocycles. The van der Waals surface area contributed by atoms with Crippen LogP contribution in [-0.4, -0.2) is 84.1 Å². The first-order chi connectivity index (χ1) is 25.4. The fourth-order valence-electron chi connectivity index (χ4n) is 6.12. The number of carbonyl (C=O) groups excluding carboxylic acids is 3. The van der Waals surface area contributed by atoms with Crippen LogP contribution in [0.1, 0.15) is 35.1 Å². The number of aromatic amines is 1. The number of aromatic nitrogens is 2. The lowest BCUT2D eigenvalue weighted by Crippen LogP contribution is -2.58. The third-order valence-corrected chi connectivity index (χ3v) is 10.6.